The zero-order valence-corrected chi connectivity index (χ0v) is 14.9. The molecule has 0 unspecified atom stereocenters. The molecule has 132 valence electrons. The Labute approximate surface area is 139 Å². The summed E-state index contributed by atoms with van der Waals surface area (Å²) in [6, 6.07) is 0. The van der Waals surface area contributed by atoms with Crippen molar-refractivity contribution in [1.82, 2.24) is 0 Å². The van der Waals surface area contributed by atoms with Crippen LogP contribution < -0.4 is 0 Å². The second kappa shape index (κ2) is 18.7. The maximum absolute atomic E-state index is 8.73. The van der Waals surface area contributed by atoms with Crippen LogP contribution in [0.3, 0.4) is 0 Å². The van der Waals surface area contributed by atoms with Crippen molar-refractivity contribution in [3.05, 3.63) is 12.2 Å². The van der Waals surface area contributed by atoms with E-state index in [2.05, 4.69) is 19.1 Å². The van der Waals surface area contributed by atoms with Crippen molar-refractivity contribution in [2.24, 2.45) is 0 Å². The Bertz CT molecular complexity index is 224. The lowest BCUT2D eigenvalue weighted by Crippen LogP contribution is -2.02. The van der Waals surface area contributed by atoms with E-state index in [0.29, 0.717) is 6.42 Å². The SMILES string of the molecule is CCCCCCCCC=CCCCCCCCCCC(O)O. The Morgan fingerprint density at radius 1 is 0.591 bits per heavy atom. The van der Waals surface area contributed by atoms with Gasteiger partial charge in [-0.05, 0) is 38.5 Å². The first-order chi connectivity index (χ1) is 10.8. The molecule has 22 heavy (non-hydrogen) atoms. The lowest BCUT2D eigenvalue weighted by atomic mass is 10.1. The van der Waals surface area contributed by atoms with E-state index in [1.165, 1.54) is 83.5 Å². The highest BCUT2D eigenvalue weighted by Gasteiger charge is 1.96. The predicted molar refractivity (Wildman–Crippen MR) is 96.9 cm³/mol. The van der Waals surface area contributed by atoms with Crippen LogP contribution in [0.15, 0.2) is 12.2 Å². The molecule has 2 heteroatoms. The van der Waals surface area contributed by atoms with E-state index in [4.69, 9.17) is 10.2 Å². The summed E-state index contributed by atoms with van der Waals surface area (Å²) in [5, 5.41) is 17.5. The summed E-state index contributed by atoms with van der Waals surface area (Å²) in [7, 11) is 0. The van der Waals surface area contributed by atoms with E-state index >= 15 is 0 Å². The monoisotopic (exact) mass is 312 g/mol. The Morgan fingerprint density at radius 3 is 1.45 bits per heavy atom. The fraction of sp³-hybridized carbons (Fsp3) is 0.900. The molecule has 2 nitrogen and oxygen atoms in total. The smallest absolute Gasteiger partial charge is 0.151 e. The highest BCUT2D eigenvalue weighted by molar-refractivity contribution is 4.81. The van der Waals surface area contributed by atoms with Gasteiger partial charge in [0.2, 0.25) is 0 Å². The summed E-state index contributed by atoms with van der Waals surface area (Å²) in [5.41, 5.74) is 0. The molecule has 0 rings (SSSR count). The van der Waals surface area contributed by atoms with Crippen LogP contribution in [0.2, 0.25) is 0 Å². The summed E-state index contributed by atoms with van der Waals surface area (Å²) in [4.78, 5) is 0. The maximum Gasteiger partial charge on any atom is 0.151 e. The molecule has 0 aliphatic rings. The molecule has 0 aliphatic carbocycles. The molecule has 0 spiro atoms. The second-order valence-electron chi connectivity index (χ2n) is 6.56. The molecule has 0 atom stereocenters. The zero-order chi connectivity index (χ0) is 16.3. The topological polar surface area (TPSA) is 40.5 Å². The number of rotatable bonds is 17. The van der Waals surface area contributed by atoms with Gasteiger partial charge in [-0.1, -0.05) is 83.3 Å². The predicted octanol–water partition coefficient (Wildman–Crippen LogP) is 6.11. The largest absolute Gasteiger partial charge is 0.368 e. The van der Waals surface area contributed by atoms with Crippen LogP contribution in [0.25, 0.3) is 0 Å². The van der Waals surface area contributed by atoms with Gasteiger partial charge in [-0.2, -0.15) is 0 Å². The van der Waals surface area contributed by atoms with Crippen LogP contribution in [-0.2, 0) is 0 Å². The Kier molecular flexibility index (Phi) is 18.4. The van der Waals surface area contributed by atoms with Crippen molar-refractivity contribution in [2.45, 2.75) is 116 Å². The molecule has 0 bridgehead atoms. The average molecular weight is 313 g/mol. The summed E-state index contributed by atoms with van der Waals surface area (Å²) in [6.45, 7) is 2.27. The third-order valence-corrected chi connectivity index (χ3v) is 4.22. The Hall–Kier alpha value is -0.340. The van der Waals surface area contributed by atoms with Gasteiger partial charge in [0.05, 0.1) is 0 Å². The number of allylic oxidation sites excluding steroid dienone is 2. The van der Waals surface area contributed by atoms with Gasteiger partial charge >= 0.3 is 0 Å². The fourth-order valence-electron chi connectivity index (χ4n) is 2.75. The number of aliphatic hydroxyl groups excluding tert-OH is 1. The van der Waals surface area contributed by atoms with Crippen LogP contribution in [-0.4, -0.2) is 16.5 Å². The van der Waals surface area contributed by atoms with Gasteiger partial charge in [-0.15, -0.1) is 0 Å². The second-order valence-corrected chi connectivity index (χ2v) is 6.56. The first-order valence-electron chi connectivity index (χ1n) is 9.78. The van der Waals surface area contributed by atoms with E-state index in [1.54, 1.807) is 0 Å². The van der Waals surface area contributed by atoms with Crippen LogP contribution in [0.5, 0.6) is 0 Å². The van der Waals surface area contributed by atoms with E-state index < -0.39 is 6.29 Å². The van der Waals surface area contributed by atoms with Crippen LogP contribution in [0, 0.1) is 0 Å². The van der Waals surface area contributed by atoms with Gasteiger partial charge < -0.3 is 10.2 Å². The number of unbranched alkanes of at least 4 members (excludes halogenated alkanes) is 13. The van der Waals surface area contributed by atoms with Crippen molar-refractivity contribution < 1.29 is 10.2 Å². The van der Waals surface area contributed by atoms with Crippen molar-refractivity contribution in [1.29, 1.82) is 0 Å². The van der Waals surface area contributed by atoms with Gasteiger partial charge in [0.15, 0.2) is 6.29 Å². The summed E-state index contributed by atoms with van der Waals surface area (Å²) in [5.74, 6) is 0. The summed E-state index contributed by atoms with van der Waals surface area (Å²) >= 11 is 0. The van der Waals surface area contributed by atoms with Gasteiger partial charge in [0, 0.05) is 0 Å². The molecule has 0 aliphatic heterocycles. The van der Waals surface area contributed by atoms with Crippen LogP contribution in [0.1, 0.15) is 110 Å². The molecule has 2 N–H and O–H groups in total. The molecule has 0 aromatic rings. The quantitative estimate of drug-likeness (QED) is 0.193. The standard InChI is InChI=1S/C20H40O2/c1-2-3-4-5-6-7-8-9-10-11-12-13-14-15-16-17-18-19-20(21)22/h9-10,20-22H,2-8,11-19H2,1H3. The highest BCUT2D eigenvalue weighted by atomic mass is 16.5. The molecular weight excluding hydrogens is 272 g/mol. The molecule has 0 aromatic heterocycles. The van der Waals surface area contributed by atoms with E-state index in [9.17, 15) is 0 Å². The van der Waals surface area contributed by atoms with Crippen molar-refractivity contribution in [2.75, 3.05) is 0 Å². The van der Waals surface area contributed by atoms with Crippen LogP contribution >= 0.6 is 0 Å². The van der Waals surface area contributed by atoms with E-state index in [1.807, 2.05) is 0 Å². The molecule has 0 heterocycles. The molecule has 0 amide bonds. The molecular formula is C20H40O2. The van der Waals surface area contributed by atoms with Gasteiger partial charge in [-0.25, -0.2) is 0 Å². The molecule has 0 saturated heterocycles. The first-order valence-corrected chi connectivity index (χ1v) is 9.78. The van der Waals surface area contributed by atoms with E-state index in [-0.39, 0.29) is 0 Å². The zero-order valence-electron chi connectivity index (χ0n) is 14.9. The number of aliphatic hydroxyl groups is 2. The van der Waals surface area contributed by atoms with Crippen molar-refractivity contribution in [3.8, 4) is 0 Å². The number of hydrogen-bond acceptors (Lipinski definition) is 2. The highest BCUT2D eigenvalue weighted by Crippen LogP contribution is 2.11. The minimum atomic E-state index is -1.11. The van der Waals surface area contributed by atoms with E-state index in [0.717, 1.165) is 12.8 Å². The maximum atomic E-state index is 8.73. The Balaban J connectivity index is 3.05. The third kappa shape index (κ3) is 19.7. The number of hydrogen-bond donors (Lipinski definition) is 2. The molecule has 0 fully saturated rings. The molecule has 0 saturated carbocycles. The lowest BCUT2D eigenvalue weighted by molar-refractivity contribution is -0.0466. The Morgan fingerprint density at radius 2 is 1.00 bits per heavy atom. The van der Waals surface area contributed by atoms with Gasteiger partial charge in [-0.3, -0.25) is 0 Å². The molecule has 0 radical (unpaired) electrons. The lowest BCUT2D eigenvalue weighted by Gasteiger charge is -2.03. The first kappa shape index (κ1) is 21.7. The summed E-state index contributed by atoms with van der Waals surface area (Å²) < 4.78 is 0. The minimum absolute atomic E-state index is 0.531. The average Bonchev–Trinajstić information content (AvgIpc) is 2.50. The van der Waals surface area contributed by atoms with Crippen molar-refractivity contribution in [3.63, 3.8) is 0 Å². The van der Waals surface area contributed by atoms with Crippen molar-refractivity contribution >= 4 is 0 Å². The minimum Gasteiger partial charge on any atom is -0.368 e. The fourth-order valence-corrected chi connectivity index (χ4v) is 2.75. The van der Waals surface area contributed by atoms with Gasteiger partial charge in [0.1, 0.15) is 0 Å². The van der Waals surface area contributed by atoms with Crippen LogP contribution in [0.4, 0.5) is 0 Å². The normalized spacial score (nSPS) is 11.8. The van der Waals surface area contributed by atoms with Gasteiger partial charge in [0.25, 0.3) is 0 Å². The summed E-state index contributed by atoms with van der Waals surface area (Å²) in [6.07, 6.45) is 23.6. The molecule has 0 aromatic carbocycles. The third-order valence-electron chi connectivity index (χ3n) is 4.22.